The van der Waals surface area contributed by atoms with Crippen LogP contribution in [0.1, 0.15) is 40.2 Å². The smallest absolute Gasteiger partial charge is 0.301 e. The second-order valence-corrected chi connectivity index (χ2v) is 9.01. The third kappa shape index (κ3) is 3.98. The topological polar surface area (TPSA) is 100.0 Å². The zero-order valence-electron chi connectivity index (χ0n) is 18.7. The highest BCUT2D eigenvalue weighted by molar-refractivity contribution is 7.16. The van der Waals surface area contributed by atoms with Gasteiger partial charge in [0.25, 0.3) is 5.78 Å². The van der Waals surface area contributed by atoms with Crippen molar-refractivity contribution in [3.8, 4) is 11.5 Å². The molecule has 0 radical (unpaired) electrons. The van der Waals surface area contributed by atoms with Gasteiger partial charge in [0.1, 0.15) is 5.76 Å². The fourth-order valence-electron chi connectivity index (χ4n) is 3.74. The molecule has 4 rings (SSSR count). The number of carbonyl (C=O) groups excluding carboxylic acids is 2. The highest BCUT2D eigenvalue weighted by atomic mass is 32.1. The summed E-state index contributed by atoms with van der Waals surface area (Å²) in [6.07, 6.45) is 0. The number of ketones is 1. The maximum absolute atomic E-state index is 13.2. The number of hydrogen-bond donors (Lipinski definition) is 2. The molecule has 0 saturated carbocycles. The Morgan fingerprint density at radius 2 is 1.82 bits per heavy atom. The summed E-state index contributed by atoms with van der Waals surface area (Å²) in [4.78, 5) is 33.1. The fraction of sp³-hybridized carbons (Fsp3) is 0.240. The number of aliphatic hydroxyl groups is 1. The average molecular weight is 465 g/mol. The number of thiazole rings is 1. The zero-order valence-corrected chi connectivity index (χ0v) is 19.6. The Kier molecular flexibility index (Phi) is 5.95. The van der Waals surface area contributed by atoms with Crippen LogP contribution in [0, 0.1) is 20.8 Å². The molecule has 1 saturated heterocycles. The first kappa shape index (κ1) is 22.5. The van der Waals surface area contributed by atoms with E-state index in [1.54, 1.807) is 31.2 Å². The predicted molar refractivity (Wildman–Crippen MR) is 127 cm³/mol. The summed E-state index contributed by atoms with van der Waals surface area (Å²) in [5.74, 6) is -1.67. The summed E-state index contributed by atoms with van der Waals surface area (Å²) in [6.45, 7) is 7.76. The van der Waals surface area contributed by atoms with Crippen molar-refractivity contribution in [2.75, 3.05) is 11.5 Å². The maximum atomic E-state index is 13.2. The largest absolute Gasteiger partial charge is 0.507 e. The van der Waals surface area contributed by atoms with Gasteiger partial charge in [-0.1, -0.05) is 35.9 Å². The number of aryl methyl sites for hydroxylation is 3. The van der Waals surface area contributed by atoms with Crippen molar-refractivity contribution in [3.05, 3.63) is 75.3 Å². The SMILES string of the molecule is CCOc1cc([C@@H]2C(=C(O)c3ccc(C)cc3)C(=O)C(=O)N2c2nc(C)c(C)s2)ccc1O. The monoisotopic (exact) mass is 464 g/mol. The van der Waals surface area contributed by atoms with Crippen LogP contribution in [0.15, 0.2) is 48.0 Å². The second kappa shape index (κ2) is 8.71. The number of aromatic hydroxyl groups is 1. The van der Waals surface area contributed by atoms with Crippen LogP contribution in [0.5, 0.6) is 11.5 Å². The van der Waals surface area contributed by atoms with E-state index in [2.05, 4.69) is 4.98 Å². The van der Waals surface area contributed by atoms with Gasteiger partial charge in [-0.05, 0) is 45.4 Å². The molecule has 7 nitrogen and oxygen atoms in total. The highest BCUT2D eigenvalue weighted by Gasteiger charge is 2.48. The molecular formula is C25H24N2O5S. The van der Waals surface area contributed by atoms with Crippen molar-refractivity contribution in [1.29, 1.82) is 0 Å². The molecule has 2 N–H and O–H groups in total. The number of anilines is 1. The lowest BCUT2D eigenvalue weighted by Gasteiger charge is -2.23. The zero-order chi connectivity index (χ0) is 23.9. The van der Waals surface area contributed by atoms with E-state index < -0.39 is 17.7 Å². The molecule has 170 valence electrons. The van der Waals surface area contributed by atoms with Gasteiger partial charge in [0.05, 0.1) is 23.9 Å². The maximum Gasteiger partial charge on any atom is 0.301 e. The number of carbonyl (C=O) groups is 2. The molecule has 1 aliphatic rings. The minimum absolute atomic E-state index is 0.0394. The summed E-state index contributed by atoms with van der Waals surface area (Å²) in [5.41, 5.74) is 2.66. The summed E-state index contributed by atoms with van der Waals surface area (Å²) < 4.78 is 5.52. The Morgan fingerprint density at radius 3 is 2.42 bits per heavy atom. The molecule has 8 heteroatoms. The number of aliphatic hydroxyl groups excluding tert-OH is 1. The number of aromatic nitrogens is 1. The average Bonchev–Trinajstić information content (AvgIpc) is 3.25. The number of Topliss-reactive ketones (excluding diaryl/α,β-unsaturated/α-hetero) is 1. The van der Waals surface area contributed by atoms with Crippen molar-refractivity contribution in [2.24, 2.45) is 0 Å². The van der Waals surface area contributed by atoms with Crippen LogP contribution in [0.25, 0.3) is 5.76 Å². The molecule has 1 fully saturated rings. The summed E-state index contributed by atoms with van der Waals surface area (Å²) in [6, 6.07) is 10.8. The minimum Gasteiger partial charge on any atom is -0.507 e. The van der Waals surface area contributed by atoms with E-state index in [1.807, 2.05) is 32.9 Å². The molecular weight excluding hydrogens is 440 g/mol. The van der Waals surface area contributed by atoms with E-state index in [0.717, 1.165) is 16.1 Å². The molecule has 1 atom stereocenters. The molecule has 1 aromatic heterocycles. The fourth-order valence-corrected chi connectivity index (χ4v) is 4.68. The molecule has 1 amide bonds. The van der Waals surface area contributed by atoms with Crippen LogP contribution < -0.4 is 9.64 Å². The molecule has 0 bridgehead atoms. The predicted octanol–water partition coefficient (Wildman–Crippen LogP) is 4.80. The van der Waals surface area contributed by atoms with Gasteiger partial charge in [0.15, 0.2) is 16.6 Å². The number of nitrogens with zero attached hydrogens (tertiary/aromatic N) is 2. The number of ether oxygens (including phenoxy) is 1. The van der Waals surface area contributed by atoms with Crippen LogP contribution in [0.2, 0.25) is 0 Å². The van der Waals surface area contributed by atoms with E-state index >= 15 is 0 Å². The van der Waals surface area contributed by atoms with Crippen LogP contribution >= 0.6 is 11.3 Å². The normalized spacial score (nSPS) is 17.6. The summed E-state index contributed by atoms with van der Waals surface area (Å²) in [7, 11) is 0. The van der Waals surface area contributed by atoms with E-state index in [9.17, 15) is 19.8 Å². The number of amides is 1. The van der Waals surface area contributed by atoms with Crippen molar-refractivity contribution in [2.45, 2.75) is 33.7 Å². The van der Waals surface area contributed by atoms with E-state index in [4.69, 9.17) is 4.74 Å². The van der Waals surface area contributed by atoms with Gasteiger partial charge in [-0.25, -0.2) is 4.98 Å². The number of phenols is 1. The number of benzene rings is 2. The van der Waals surface area contributed by atoms with Crippen molar-refractivity contribution < 1.29 is 24.5 Å². The van der Waals surface area contributed by atoms with E-state index in [0.29, 0.717) is 22.9 Å². The van der Waals surface area contributed by atoms with Crippen LogP contribution in [-0.2, 0) is 9.59 Å². The lowest BCUT2D eigenvalue weighted by molar-refractivity contribution is -0.132. The molecule has 0 unspecified atom stereocenters. The molecule has 0 spiro atoms. The standard InChI is InChI=1S/C25H24N2O5S/c1-5-32-19-12-17(10-11-18(19)28)21-20(22(29)16-8-6-13(2)7-9-16)23(30)24(31)27(21)25-26-14(3)15(4)33-25/h6-12,21,28-29H,5H2,1-4H3/t21-/m1/s1. The second-order valence-electron chi connectivity index (χ2n) is 7.83. The van der Waals surface area contributed by atoms with Gasteiger partial charge in [0, 0.05) is 10.4 Å². The summed E-state index contributed by atoms with van der Waals surface area (Å²) in [5, 5.41) is 21.7. The first-order valence-electron chi connectivity index (χ1n) is 10.5. The van der Waals surface area contributed by atoms with Gasteiger partial charge in [-0.3, -0.25) is 14.5 Å². The third-order valence-corrected chi connectivity index (χ3v) is 6.66. The van der Waals surface area contributed by atoms with Gasteiger partial charge >= 0.3 is 5.91 Å². The number of phenolic OH excluding ortho intramolecular Hbond substituents is 1. The lowest BCUT2D eigenvalue weighted by Crippen LogP contribution is -2.29. The van der Waals surface area contributed by atoms with Gasteiger partial charge in [-0.2, -0.15) is 0 Å². The Balaban J connectivity index is 1.96. The quantitative estimate of drug-likeness (QED) is 0.320. The third-order valence-electron chi connectivity index (χ3n) is 5.59. The lowest BCUT2D eigenvalue weighted by atomic mass is 9.95. The first-order valence-corrected chi connectivity index (χ1v) is 11.3. The van der Waals surface area contributed by atoms with Gasteiger partial charge in [0.2, 0.25) is 0 Å². The van der Waals surface area contributed by atoms with Crippen LogP contribution in [0.3, 0.4) is 0 Å². The molecule has 2 heterocycles. The Hall–Kier alpha value is -3.65. The van der Waals surface area contributed by atoms with Crippen molar-refractivity contribution >= 4 is 33.9 Å². The molecule has 3 aromatic rings. The minimum atomic E-state index is -0.934. The number of hydrogen-bond acceptors (Lipinski definition) is 7. The molecule has 33 heavy (non-hydrogen) atoms. The Morgan fingerprint density at radius 1 is 1.12 bits per heavy atom. The first-order chi connectivity index (χ1) is 15.7. The van der Waals surface area contributed by atoms with E-state index in [-0.39, 0.29) is 22.8 Å². The van der Waals surface area contributed by atoms with Crippen LogP contribution in [0.4, 0.5) is 5.13 Å². The van der Waals surface area contributed by atoms with Gasteiger partial charge < -0.3 is 14.9 Å². The van der Waals surface area contributed by atoms with Crippen molar-refractivity contribution in [1.82, 2.24) is 4.98 Å². The highest BCUT2D eigenvalue weighted by Crippen LogP contribution is 2.45. The molecule has 1 aliphatic heterocycles. The Bertz CT molecular complexity index is 1260. The van der Waals surface area contributed by atoms with Gasteiger partial charge in [-0.15, -0.1) is 11.3 Å². The van der Waals surface area contributed by atoms with Crippen molar-refractivity contribution in [3.63, 3.8) is 0 Å². The Labute approximate surface area is 195 Å². The molecule has 0 aliphatic carbocycles. The van der Waals surface area contributed by atoms with Crippen LogP contribution in [-0.4, -0.2) is 33.5 Å². The number of rotatable bonds is 5. The van der Waals surface area contributed by atoms with E-state index in [1.165, 1.54) is 22.3 Å². The summed E-state index contributed by atoms with van der Waals surface area (Å²) >= 11 is 1.30. The molecule has 2 aromatic carbocycles.